The minimum absolute atomic E-state index is 0.203. The largest absolute Gasteiger partial charge is 0.287 e. The molecule has 2 aromatic carbocycles. The third kappa shape index (κ3) is 2.82. The molecule has 0 spiro atoms. The predicted octanol–water partition coefficient (Wildman–Crippen LogP) is 5.54. The van der Waals surface area contributed by atoms with Crippen molar-refractivity contribution in [3.8, 4) is 0 Å². The SMILES string of the molecule is O=C(c1ccc(Cl)c(Cl)c1)c1nc2ccccc2cc1Br. The maximum atomic E-state index is 12.6. The van der Waals surface area contributed by atoms with Gasteiger partial charge in [0.2, 0.25) is 5.78 Å². The fourth-order valence-electron chi connectivity index (χ4n) is 2.02. The van der Waals surface area contributed by atoms with E-state index in [-0.39, 0.29) is 5.78 Å². The highest BCUT2D eigenvalue weighted by Gasteiger charge is 2.16. The lowest BCUT2D eigenvalue weighted by Crippen LogP contribution is -2.05. The molecular weight excluding hydrogens is 373 g/mol. The average molecular weight is 381 g/mol. The molecule has 2 nitrogen and oxygen atoms in total. The van der Waals surface area contributed by atoms with E-state index in [2.05, 4.69) is 20.9 Å². The van der Waals surface area contributed by atoms with Crippen molar-refractivity contribution in [2.75, 3.05) is 0 Å². The highest BCUT2D eigenvalue weighted by Crippen LogP contribution is 2.27. The van der Waals surface area contributed by atoms with E-state index in [0.29, 0.717) is 25.8 Å². The summed E-state index contributed by atoms with van der Waals surface area (Å²) in [7, 11) is 0. The molecule has 0 aliphatic heterocycles. The number of rotatable bonds is 2. The fourth-order valence-corrected chi connectivity index (χ4v) is 2.84. The number of pyridine rings is 1. The second-order valence-electron chi connectivity index (χ2n) is 4.47. The highest BCUT2D eigenvalue weighted by atomic mass is 79.9. The van der Waals surface area contributed by atoms with E-state index >= 15 is 0 Å². The summed E-state index contributed by atoms with van der Waals surface area (Å²) < 4.78 is 0.650. The molecule has 0 amide bonds. The van der Waals surface area contributed by atoms with Crippen molar-refractivity contribution in [3.05, 3.63) is 74.3 Å². The van der Waals surface area contributed by atoms with Gasteiger partial charge in [-0.15, -0.1) is 0 Å². The fraction of sp³-hybridized carbons (Fsp3) is 0. The Labute approximate surface area is 139 Å². The summed E-state index contributed by atoms with van der Waals surface area (Å²) >= 11 is 15.2. The lowest BCUT2D eigenvalue weighted by Gasteiger charge is -2.06. The molecule has 0 aliphatic rings. The smallest absolute Gasteiger partial charge is 0.212 e. The van der Waals surface area contributed by atoms with Crippen LogP contribution in [0, 0.1) is 0 Å². The van der Waals surface area contributed by atoms with Crippen LogP contribution < -0.4 is 0 Å². The van der Waals surface area contributed by atoms with Crippen LogP contribution in [0.25, 0.3) is 10.9 Å². The van der Waals surface area contributed by atoms with E-state index in [1.165, 1.54) is 0 Å². The number of aromatic nitrogens is 1. The number of hydrogen-bond acceptors (Lipinski definition) is 2. The molecule has 1 aromatic heterocycles. The summed E-state index contributed by atoms with van der Waals surface area (Å²) in [6.07, 6.45) is 0. The van der Waals surface area contributed by atoms with E-state index in [1.807, 2.05) is 30.3 Å². The Balaban J connectivity index is 2.12. The van der Waals surface area contributed by atoms with Crippen molar-refractivity contribution in [1.29, 1.82) is 0 Å². The number of hydrogen-bond donors (Lipinski definition) is 0. The first-order chi connectivity index (χ1) is 10.1. The van der Waals surface area contributed by atoms with Crippen LogP contribution in [0.5, 0.6) is 0 Å². The molecule has 3 rings (SSSR count). The normalized spacial score (nSPS) is 10.8. The van der Waals surface area contributed by atoms with Gasteiger partial charge in [-0.1, -0.05) is 41.4 Å². The lowest BCUT2D eigenvalue weighted by atomic mass is 10.1. The minimum atomic E-state index is -0.203. The molecule has 0 bridgehead atoms. The summed E-state index contributed by atoms with van der Waals surface area (Å²) in [4.78, 5) is 17.0. The maximum Gasteiger partial charge on any atom is 0.212 e. The van der Waals surface area contributed by atoms with E-state index in [9.17, 15) is 4.79 Å². The van der Waals surface area contributed by atoms with Gasteiger partial charge in [-0.25, -0.2) is 4.98 Å². The van der Waals surface area contributed by atoms with Crippen LogP contribution in [0.2, 0.25) is 10.0 Å². The Morgan fingerprint density at radius 2 is 1.76 bits per heavy atom. The number of halogens is 3. The zero-order valence-electron chi connectivity index (χ0n) is 10.6. The van der Waals surface area contributed by atoms with Crippen molar-refractivity contribution in [2.45, 2.75) is 0 Å². The van der Waals surface area contributed by atoms with Crippen LogP contribution >= 0.6 is 39.1 Å². The monoisotopic (exact) mass is 379 g/mol. The standard InChI is InChI=1S/C16H8BrCl2NO/c17-11-7-9-3-1-2-4-14(9)20-15(11)16(21)10-5-6-12(18)13(19)8-10/h1-8H. The second-order valence-corrected chi connectivity index (χ2v) is 6.14. The Bertz CT molecular complexity index is 864. The Hall–Kier alpha value is -1.42. The van der Waals surface area contributed by atoms with Crippen LogP contribution in [0.3, 0.4) is 0 Å². The van der Waals surface area contributed by atoms with E-state index in [1.54, 1.807) is 18.2 Å². The second kappa shape index (κ2) is 5.76. The molecule has 0 saturated heterocycles. The first-order valence-electron chi connectivity index (χ1n) is 6.11. The van der Waals surface area contributed by atoms with Gasteiger partial charge in [0.1, 0.15) is 5.69 Å². The molecule has 21 heavy (non-hydrogen) atoms. The Kier molecular flexibility index (Phi) is 3.98. The van der Waals surface area contributed by atoms with Crippen LogP contribution in [-0.2, 0) is 0 Å². The van der Waals surface area contributed by atoms with Crippen molar-refractivity contribution in [1.82, 2.24) is 4.98 Å². The summed E-state index contributed by atoms with van der Waals surface area (Å²) in [5.74, 6) is -0.203. The van der Waals surface area contributed by atoms with Gasteiger partial charge in [0.25, 0.3) is 0 Å². The third-order valence-electron chi connectivity index (χ3n) is 3.07. The van der Waals surface area contributed by atoms with Crippen LogP contribution in [0.15, 0.2) is 53.0 Å². The topological polar surface area (TPSA) is 30.0 Å². The number of ketones is 1. The first-order valence-corrected chi connectivity index (χ1v) is 7.66. The van der Waals surface area contributed by atoms with Crippen LogP contribution in [-0.4, -0.2) is 10.8 Å². The van der Waals surface area contributed by atoms with Crippen molar-refractivity contribution >= 4 is 55.8 Å². The maximum absolute atomic E-state index is 12.6. The predicted molar refractivity (Wildman–Crippen MR) is 89.3 cm³/mol. The molecule has 5 heteroatoms. The average Bonchev–Trinajstić information content (AvgIpc) is 2.48. The first kappa shape index (κ1) is 14.5. The summed E-state index contributed by atoms with van der Waals surface area (Å²) in [5, 5.41) is 1.73. The van der Waals surface area contributed by atoms with Gasteiger partial charge >= 0.3 is 0 Å². The van der Waals surface area contributed by atoms with Gasteiger partial charge in [0.05, 0.1) is 15.6 Å². The molecule has 0 saturated carbocycles. The molecule has 0 N–H and O–H groups in total. The Morgan fingerprint density at radius 3 is 2.52 bits per heavy atom. The van der Waals surface area contributed by atoms with Gasteiger partial charge in [0, 0.05) is 15.4 Å². The minimum Gasteiger partial charge on any atom is -0.287 e. The summed E-state index contributed by atoms with van der Waals surface area (Å²) in [6, 6.07) is 14.3. The summed E-state index contributed by atoms with van der Waals surface area (Å²) in [6.45, 7) is 0. The quantitative estimate of drug-likeness (QED) is 0.546. The lowest BCUT2D eigenvalue weighted by molar-refractivity contribution is 0.103. The van der Waals surface area contributed by atoms with Crippen LogP contribution in [0.4, 0.5) is 0 Å². The molecule has 3 aromatic rings. The molecule has 104 valence electrons. The highest BCUT2D eigenvalue weighted by molar-refractivity contribution is 9.10. The zero-order valence-corrected chi connectivity index (χ0v) is 13.7. The van der Waals surface area contributed by atoms with E-state index in [4.69, 9.17) is 23.2 Å². The number of benzene rings is 2. The molecular formula is C16H8BrCl2NO. The van der Waals surface area contributed by atoms with E-state index < -0.39 is 0 Å². The van der Waals surface area contributed by atoms with Crippen LogP contribution in [0.1, 0.15) is 16.1 Å². The number of nitrogens with zero attached hydrogens (tertiary/aromatic N) is 1. The van der Waals surface area contributed by atoms with Crippen molar-refractivity contribution < 1.29 is 4.79 Å². The molecule has 0 radical (unpaired) electrons. The summed E-state index contributed by atoms with van der Waals surface area (Å²) in [5.41, 5.74) is 1.57. The number of fused-ring (bicyclic) bond motifs is 1. The molecule has 0 aliphatic carbocycles. The van der Waals surface area contributed by atoms with Crippen molar-refractivity contribution in [2.24, 2.45) is 0 Å². The molecule has 0 unspecified atom stereocenters. The van der Waals surface area contributed by atoms with Crippen molar-refractivity contribution in [3.63, 3.8) is 0 Å². The number of carbonyl (C=O) groups is 1. The molecule has 0 fully saturated rings. The zero-order chi connectivity index (χ0) is 15.0. The van der Waals surface area contributed by atoms with Gasteiger partial charge in [-0.2, -0.15) is 0 Å². The third-order valence-corrected chi connectivity index (χ3v) is 4.42. The van der Waals surface area contributed by atoms with Gasteiger partial charge in [0.15, 0.2) is 0 Å². The Morgan fingerprint density at radius 1 is 1.00 bits per heavy atom. The van der Waals surface area contributed by atoms with Gasteiger partial charge < -0.3 is 0 Å². The van der Waals surface area contributed by atoms with Gasteiger partial charge in [-0.3, -0.25) is 4.79 Å². The molecule has 1 heterocycles. The van der Waals surface area contributed by atoms with Gasteiger partial charge in [-0.05, 0) is 46.3 Å². The van der Waals surface area contributed by atoms with E-state index in [0.717, 1.165) is 10.9 Å². The molecule has 0 atom stereocenters. The number of carbonyl (C=O) groups excluding carboxylic acids is 1. The number of para-hydroxylation sites is 1.